The summed E-state index contributed by atoms with van der Waals surface area (Å²) in [6, 6.07) is 15.6. The summed E-state index contributed by atoms with van der Waals surface area (Å²) >= 11 is 0. The van der Waals surface area contributed by atoms with Crippen molar-refractivity contribution in [3.05, 3.63) is 102 Å². The molecule has 2 aliphatic carbocycles. The Morgan fingerprint density at radius 3 is 2.08 bits per heavy atom. The molecule has 0 N–H and O–H groups in total. The van der Waals surface area contributed by atoms with Gasteiger partial charge >= 0.3 is 0 Å². The molecule has 0 spiro atoms. The van der Waals surface area contributed by atoms with E-state index in [1.54, 1.807) is 42.5 Å². The smallest absolute Gasteiger partial charge is 0.167 e. The highest BCUT2D eigenvalue weighted by atomic mass is 19.2. The van der Waals surface area contributed by atoms with Gasteiger partial charge in [0.25, 0.3) is 0 Å². The average molecular weight is 543 g/mol. The molecule has 4 heteroatoms. The molecule has 1 saturated carbocycles. The number of hydrogen-bond acceptors (Lipinski definition) is 1. The molecule has 0 radical (unpaired) electrons. The predicted octanol–water partition coefficient (Wildman–Crippen LogP) is 10.5. The average Bonchev–Trinajstić information content (AvgIpc) is 3.84. The molecule has 2 atom stereocenters. The van der Waals surface area contributed by atoms with Gasteiger partial charge in [-0.05, 0) is 91.0 Å². The number of epoxide rings is 1. The Kier molecular flexibility index (Phi) is 7.98. The Hall–Kier alpha value is -3.11. The first-order valence-electron chi connectivity index (χ1n) is 14.8. The fraction of sp³-hybridized carbons (Fsp3) is 0.389. The maximum absolute atomic E-state index is 15.3. The molecule has 1 heterocycles. The molecule has 2 unspecified atom stereocenters. The van der Waals surface area contributed by atoms with Crippen molar-refractivity contribution in [2.45, 2.75) is 63.9 Å². The first-order chi connectivity index (χ1) is 19.5. The maximum Gasteiger partial charge on any atom is 0.167 e. The molecule has 3 aromatic rings. The van der Waals surface area contributed by atoms with Crippen LogP contribution in [0.1, 0.15) is 75.0 Å². The standard InChI is InChI=1S/C36H37F3O/c1-2-3-4-23-5-7-24(8-6-23)25-9-11-26(12-10-25)29-17-18-30(33(37)21-29)27-13-15-28(16-14-27)31-19-20-32(34-22-40-34)36(39)35(31)38/h2,11,13-21,23-25,34H,1,3-10,12,22H2. The van der Waals surface area contributed by atoms with Crippen LogP contribution in [0.3, 0.4) is 0 Å². The second kappa shape index (κ2) is 11.8. The third-order valence-electron chi connectivity index (χ3n) is 9.43. The summed E-state index contributed by atoms with van der Waals surface area (Å²) in [6.07, 6.45) is 15.1. The van der Waals surface area contributed by atoms with E-state index in [4.69, 9.17) is 4.74 Å². The minimum atomic E-state index is -0.879. The third-order valence-corrected chi connectivity index (χ3v) is 9.43. The van der Waals surface area contributed by atoms with Crippen LogP contribution in [0, 0.1) is 35.2 Å². The Morgan fingerprint density at radius 1 is 0.775 bits per heavy atom. The zero-order chi connectivity index (χ0) is 27.6. The van der Waals surface area contributed by atoms with E-state index in [2.05, 4.69) is 12.7 Å². The van der Waals surface area contributed by atoms with Gasteiger partial charge < -0.3 is 4.74 Å². The molecule has 208 valence electrons. The lowest BCUT2D eigenvalue weighted by molar-refractivity contribution is 0.190. The SMILES string of the molecule is C=CCCC1CCC(C2CC=C(c3ccc(-c4ccc(-c5ccc(C6CO6)c(F)c5F)cc4)c(F)c3)CC2)CC1. The molecule has 1 nitrogen and oxygen atoms in total. The van der Waals surface area contributed by atoms with E-state index < -0.39 is 11.6 Å². The summed E-state index contributed by atoms with van der Waals surface area (Å²) in [5.74, 6) is 0.450. The van der Waals surface area contributed by atoms with Crippen molar-refractivity contribution < 1.29 is 17.9 Å². The summed E-state index contributed by atoms with van der Waals surface area (Å²) in [5.41, 5.74) is 4.41. The Morgan fingerprint density at radius 2 is 1.45 bits per heavy atom. The first-order valence-corrected chi connectivity index (χ1v) is 14.8. The van der Waals surface area contributed by atoms with E-state index in [1.165, 1.54) is 44.1 Å². The fourth-order valence-electron chi connectivity index (χ4n) is 6.89. The summed E-state index contributed by atoms with van der Waals surface area (Å²) < 4.78 is 49.6. The normalized spacial score (nSPS) is 24.4. The second-order valence-electron chi connectivity index (χ2n) is 11.8. The van der Waals surface area contributed by atoms with Crippen LogP contribution < -0.4 is 0 Å². The van der Waals surface area contributed by atoms with Crippen molar-refractivity contribution in [3.63, 3.8) is 0 Å². The number of rotatable bonds is 8. The van der Waals surface area contributed by atoms with Crippen molar-refractivity contribution >= 4 is 5.57 Å². The van der Waals surface area contributed by atoms with E-state index in [9.17, 15) is 8.78 Å². The van der Waals surface area contributed by atoms with Gasteiger partial charge in [-0.3, -0.25) is 0 Å². The summed E-state index contributed by atoms with van der Waals surface area (Å²) in [4.78, 5) is 0. The molecular formula is C36H37F3O. The van der Waals surface area contributed by atoms with E-state index in [0.717, 1.165) is 42.6 Å². The van der Waals surface area contributed by atoms with Gasteiger partial charge in [0.15, 0.2) is 11.6 Å². The van der Waals surface area contributed by atoms with E-state index >= 15 is 4.39 Å². The molecule has 0 aromatic heterocycles. The molecule has 2 fully saturated rings. The van der Waals surface area contributed by atoms with Crippen molar-refractivity contribution in [2.75, 3.05) is 6.61 Å². The van der Waals surface area contributed by atoms with Crippen LogP contribution in [0.15, 0.2) is 73.3 Å². The van der Waals surface area contributed by atoms with Gasteiger partial charge in [0.1, 0.15) is 11.9 Å². The molecule has 6 rings (SSSR count). The maximum atomic E-state index is 15.3. The third kappa shape index (κ3) is 5.69. The number of ether oxygens (including phenoxy) is 1. The highest BCUT2D eigenvalue weighted by Crippen LogP contribution is 2.42. The van der Waals surface area contributed by atoms with Gasteiger partial charge in [-0.2, -0.15) is 0 Å². The lowest BCUT2D eigenvalue weighted by Gasteiger charge is -2.35. The minimum absolute atomic E-state index is 0.188. The van der Waals surface area contributed by atoms with Gasteiger partial charge in [0.05, 0.1) is 6.61 Å². The summed E-state index contributed by atoms with van der Waals surface area (Å²) in [5, 5.41) is 0. The highest BCUT2D eigenvalue weighted by molar-refractivity contribution is 5.74. The highest BCUT2D eigenvalue weighted by Gasteiger charge is 2.31. The van der Waals surface area contributed by atoms with Gasteiger partial charge in [0.2, 0.25) is 0 Å². The van der Waals surface area contributed by atoms with Crippen molar-refractivity contribution in [1.82, 2.24) is 0 Å². The molecule has 3 aliphatic rings. The predicted molar refractivity (Wildman–Crippen MR) is 156 cm³/mol. The largest absolute Gasteiger partial charge is 0.368 e. The quantitative estimate of drug-likeness (QED) is 0.204. The lowest BCUT2D eigenvalue weighted by atomic mass is 9.70. The fourth-order valence-corrected chi connectivity index (χ4v) is 6.89. The lowest BCUT2D eigenvalue weighted by Crippen LogP contribution is -2.23. The van der Waals surface area contributed by atoms with Gasteiger partial charge in [-0.15, -0.1) is 6.58 Å². The molecule has 3 aromatic carbocycles. The van der Waals surface area contributed by atoms with E-state index in [0.29, 0.717) is 23.3 Å². The zero-order valence-electron chi connectivity index (χ0n) is 23.0. The van der Waals surface area contributed by atoms with Crippen LogP contribution in [-0.4, -0.2) is 6.61 Å². The Labute approximate surface area is 235 Å². The molecular weight excluding hydrogens is 505 g/mol. The van der Waals surface area contributed by atoms with E-state index in [1.807, 2.05) is 18.2 Å². The molecule has 1 saturated heterocycles. The second-order valence-corrected chi connectivity index (χ2v) is 11.8. The van der Waals surface area contributed by atoms with Crippen LogP contribution in [0.5, 0.6) is 0 Å². The van der Waals surface area contributed by atoms with Gasteiger partial charge in [0, 0.05) is 16.7 Å². The van der Waals surface area contributed by atoms with Gasteiger partial charge in [-0.25, -0.2) is 13.2 Å². The zero-order valence-corrected chi connectivity index (χ0v) is 23.0. The summed E-state index contributed by atoms with van der Waals surface area (Å²) in [6.45, 7) is 4.28. The Balaban J connectivity index is 1.11. The molecule has 0 amide bonds. The van der Waals surface area contributed by atoms with Crippen molar-refractivity contribution in [3.8, 4) is 22.3 Å². The first kappa shape index (κ1) is 27.1. The topological polar surface area (TPSA) is 12.5 Å². The monoisotopic (exact) mass is 542 g/mol. The summed E-state index contributed by atoms with van der Waals surface area (Å²) in [7, 11) is 0. The van der Waals surface area contributed by atoms with Crippen LogP contribution in [0.25, 0.3) is 27.8 Å². The van der Waals surface area contributed by atoms with Crippen LogP contribution in [-0.2, 0) is 4.74 Å². The Bertz CT molecular complexity index is 1390. The number of benzene rings is 3. The molecule has 0 bridgehead atoms. The van der Waals surface area contributed by atoms with Crippen molar-refractivity contribution in [2.24, 2.45) is 17.8 Å². The van der Waals surface area contributed by atoms with Crippen LogP contribution >= 0.6 is 0 Å². The van der Waals surface area contributed by atoms with Gasteiger partial charge in [-0.1, -0.05) is 73.5 Å². The van der Waals surface area contributed by atoms with E-state index in [-0.39, 0.29) is 23.0 Å². The van der Waals surface area contributed by atoms with Crippen LogP contribution in [0.2, 0.25) is 0 Å². The van der Waals surface area contributed by atoms with Crippen LogP contribution in [0.4, 0.5) is 13.2 Å². The number of hydrogen-bond donors (Lipinski definition) is 0. The molecule has 1 aliphatic heterocycles. The number of allylic oxidation sites excluding steroid dienone is 3. The molecule has 40 heavy (non-hydrogen) atoms. The minimum Gasteiger partial charge on any atom is -0.368 e. The number of halogens is 3. The van der Waals surface area contributed by atoms with Crippen molar-refractivity contribution in [1.29, 1.82) is 0 Å².